The Morgan fingerprint density at radius 1 is 1.42 bits per heavy atom. The van der Waals surface area contributed by atoms with E-state index in [0.29, 0.717) is 12.8 Å². The SMILES string of the molecule is CC(NC(=O)NC1(C(N)=O)CCCC1)c1ccsc1. The highest BCUT2D eigenvalue weighted by molar-refractivity contribution is 7.07. The van der Waals surface area contributed by atoms with E-state index < -0.39 is 11.4 Å². The first-order chi connectivity index (χ1) is 9.03. The molecule has 1 aromatic heterocycles. The Morgan fingerprint density at radius 2 is 2.11 bits per heavy atom. The van der Waals surface area contributed by atoms with Gasteiger partial charge in [-0.3, -0.25) is 4.79 Å². The highest BCUT2D eigenvalue weighted by Crippen LogP contribution is 2.29. The van der Waals surface area contributed by atoms with Gasteiger partial charge in [-0.1, -0.05) is 12.8 Å². The molecular formula is C13H19N3O2S. The summed E-state index contributed by atoms with van der Waals surface area (Å²) in [5.74, 6) is -0.441. The van der Waals surface area contributed by atoms with Crippen molar-refractivity contribution in [3.63, 3.8) is 0 Å². The standard InChI is InChI=1S/C13H19N3O2S/c1-9(10-4-7-19-8-10)15-12(18)16-13(11(14)17)5-2-3-6-13/h4,7-9H,2-3,5-6H2,1H3,(H2,14,17)(H2,15,16,18). The number of hydrogen-bond donors (Lipinski definition) is 3. The minimum atomic E-state index is -0.863. The van der Waals surface area contributed by atoms with Crippen LogP contribution in [0.4, 0.5) is 4.79 Å². The molecule has 0 spiro atoms. The van der Waals surface area contributed by atoms with Crippen LogP contribution in [0.25, 0.3) is 0 Å². The zero-order valence-electron chi connectivity index (χ0n) is 10.9. The quantitative estimate of drug-likeness (QED) is 0.787. The molecule has 3 amide bonds. The maximum Gasteiger partial charge on any atom is 0.316 e. The van der Waals surface area contributed by atoms with Crippen LogP contribution in [0.15, 0.2) is 16.8 Å². The number of nitrogens with two attached hydrogens (primary N) is 1. The Labute approximate surface area is 116 Å². The van der Waals surface area contributed by atoms with E-state index in [0.717, 1.165) is 18.4 Å². The summed E-state index contributed by atoms with van der Waals surface area (Å²) in [5, 5.41) is 9.56. The summed E-state index contributed by atoms with van der Waals surface area (Å²) in [6.45, 7) is 1.91. The smallest absolute Gasteiger partial charge is 0.316 e. The molecule has 0 aliphatic heterocycles. The van der Waals surface area contributed by atoms with Gasteiger partial charge in [-0.05, 0) is 42.2 Å². The van der Waals surface area contributed by atoms with Crippen molar-refractivity contribution in [2.75, 3.05) is 0 Å². The average Bonchev–Trinajstić information content (AvgIpc) is 2.99. The summed E-state index contributed by atoms with van der Waals surface area (Å²) in [6, 6.07) is 1.55. The summed E-state index contributed by atoms with van der Waals surface area (Å²) in [6.07, 6.45) is 3.10. The number of rotatable bonds is 4. The molecule has 0 radical (unpaired) electrons. The van der Waals surface area contributed by atoms with Crippen LogP contribution in [-0.2, 0) is 4.79 Å². The largest absolute Gasteiger partial charge is 0.368 e. The van der Waals surface area contributed by atoms with Crippen LogP contribution < -0.4 is 16.4 Å². The Hall–Kier alpha value is -1.56. The number of urea groups is 1. The molecule has 1 saturated carbocycles. The summed E-state index contributed by atoms with van der Waals surface area (Å²) in [5.41, 5.74) is 5.62. The zero-order chi connectivity index (χ0) is 13.9. The van der Waals surface area contributed by atoms with Crippen LogP contribution in [0.5, 0.6) is 0 Å². The molecular weight excluding hydrogens is 262 g/mol. The first kappa shape index (κ1) is 13.9. The lowest BCUT2D eigenvalue weighted by Gasteiger charge is -2.27. The lowest BCUT2D eigenvalue weighted by molar-refractivity contribution is -0.123. The predicted octanol–water partition coefficient (Wildman–Crippen LogP) is 1.91. The van der Waals surface area contributed by atoms with Gasteiger partial charge in [-0.2, -0.15) is 11.3 Å². The summed E-state index contributed by atoms with van der Waals surface area (Å²) in [4.78, 5) is 23.5. The average molecular weight is 281 g/mol. The molecule has 1 aromatic rings. The lowest BCUT2D eigenvalue weighted by Crippen LogP contribution is -2.58. The monoisotopic (exact) mass is 281 g/mol. The third-order valence-corrected chi connectivity index (χ3v) is 4.37. The molecule has 1 heterocycles. The molecule has 6 heteroatoms. The van der Waals surface area contributed by atoms with Crippen molar-refractivity contribution in [1.29, 1.82) is 0 Å². The third kappa shape index (κ3) is 3.07. The Kier molecular flexibility index (Phi) is 4.09. The van der Waals surface area contributed by atoms with E-state index in [4.69, 9.17) is 5.73 Å². The maximum atomic E-state index is 12.0. The number of carbonyl (C=O) groups excluding carboxylic acids is 2. The van der Waals surface area contributed by atoms with Crippen molar-refractivity contribution < 1.29 is 9.59 Å². The zero-order valence-corrected chi connectivity index (χ0v) is 11.8. The van der Waals surface area contributed by atoms with Crippen molar-refractivity contribution in [2.24, 2.45) is 5.73 Å². The lowest BCUT2D eigenvalue weighted by atomic mass is 9.97. The van der Waals surface area contributed by atoms with Crippen LogP contribution in [0, 0.1) is 0 Å². The second-order valence-corrected chi connectivity index (χ2v) is 5.81. The van der Waals surface area contributed by atoms with Crippen molar-refractivity contribution in [2.45, 2.75) is 44.2 Å². The minimum absolute atomic E-state index is 0.0856. The van der Waals surface area contributed by atoms with Crippen molar-refractivity contribution >= 4 is 23.3 Å². The maximum absolute atomic E-state index is 12.0. The van der Waals surface area contributed by atoms with Gasteiger partial charge in [0, 0.05) is 0 Å². The molecule has 1 aliphatic rings. The number of thiophene rings is 1. The van der Waals surface area contributed by atoms with E-state index in [2.05, 4.69) is 10.6 Å². The highest BCUT2D eigenvalue weighted by Gasteiger charge is 2.41. The second kappa shape index (κ2) is 5.61. The van der Waals surface area contributed by atoms with Gasteiger partial charge in [0.05, 0.1) is 6.04 Å². The first-order valence-electron chi connectivity index (χ1n) is 6.44. The fourth-order valence-electron chi connectivity index (χ4n) is 2.47. The van der Waals surface area contributed by atoms with E-state index in [9.17, 15) is 9.59 Å². The van der Waals surface area contributed by atoms with Crippen molar-refractivity contribution in [3.05, 3.63) is 22.4 Å². The first-order valence-corrected chi connectivity index (χ1v) is 7.38. The fraction of sp³-hybridized carbons (Fsp3) is 0.538. The summed E-state index contributed by atoms with van der Waals surface area (Å²) in [7, 11) is 0. The van der Waals surface area contributed by atoms with Gasteiger partial charge < -0.3 is 16.4 Å². The molecule has 0 aromatic carbocycles. The number of hydrogen-bond acceptors (Lipinski definition) is 3. The van der Waals surface area contributed by atoms with Crippen LogP contribution >= 0.6 is 11.3 Å². The van der Waals surface area contributed by atoms with Gasteiger partial charge in [0.15, 0.2) is 0 Å². The van der Waals surface area contributed by atoms with Gasteiger partial charge in [-0.15, -0.1) is 0 Å². The molecule has 1 unspecified atom stereocenters. The van der Waals surface area contributed by atoms with Crippen LogP contribution in [0.2, 0.25) is 0 Å². The number of nitrogens with one attached hydrogen (secondary N) is 2. The van der Waals surface area contributed by atoms with E-state index >= 15 is 0 Å². The number of primary amides is 1. The van der Waals surface area contributed by atoms with E-state index in [1.807, 2.05) is 23.8 Å². The van der Waals surface area contributed by atoms with E-state index in [1.165, 1.54) is 0 Å². The van der Waals surface area contributed by atoms with Crippen LogP contribution in [0.3, 0.4) is 0 Å². The van der Waals surface area contributed by atoms with Gasteiger partial charge >= 0.3 is 6.03 Å². The molecule has 5 nitrogen and oxygen atoms in total. The number of amides is 3. The van der Waals surface area contributed by atoms with Gasteiger partial charge in [0.25, 0.3) is 0 Å². The Balaban J connectivity index is 1.95. The van der Waals surface area contributed by atoms with Gasteiger partial charge in [0.2, 0.25) is 5.91 Å². The second-order valence-electron chi connectivity index (χ2n) is 5.03. The van der Waals surface area contributed by atoms with Crippen LogP contribution in [0.1, 0.15) is 44.2 Å². The minimum Gasteiger partial charge on any atom is -0.368 e. The van der Waals surface area contributed by atoms with Crippen molar-refractivity contribution in [3.8, 4) is 0 Å². The molecule has 4 N–H and O–H groups in total. The van der Waals surface area contributed by atoms with Crippen molar-refractivity contribution in [1.82, 2.24) is 10.6 Å². The van der Waals surface area contributed by atoms with Crippen LogP contribution in [-0.4, -0.2) is 17.5 Å². The molecule has 104 valence electrons. The molecule has 19 heavy (non-hydrogen) atoms. The fourth-order valence-corrected chi connectivity index (χ4v) is 3.22. The normalized spacial score (nSPS) is 18.8. The molecule has 0 saturated heterocycles. The third-order valence-electron chi connectivity index (χ3n) is 3.67. The number of carbonyl (C=O) groups is 2. The van der Waals surface area contributed by atoms with E-state index in [-0.39, 0.29) is 12.1 Å². The molecule has 1 atom stereocenters. The Bertz CT molecular complexity index is 452. The molecule has 1 aliphatic carbocycles. The summed E-state index contributed by atoms with van der Waals surface area (Å²) >= 11 is 1.59. The topological polar surface area (TPSA) is 84.2 Å². The molecule has 1 fully saturated rings. The predicted molar refractivity (Wildman–Crippen MR) is 74.8 cm³/mol. The summed E-state index contributed by atoms with van der Waals surface area (Å²) < 4.78 is 0. The van der Waals surface area contributed by atoms with Gasteiger partial charge in [0.1, 0.15) is 5.54 Å². The van der Waals surface area contributed by atoms with Gasteiger partial charge in [-0.25, -0.2) is 4.79 Å². The molecule has 2 rings (SSSR count). The highest BCUT2D eigenvalue weighted by atomic mass is 32.1. The molecule has 0 bridgehead atoms. The van der Waals surface area contributed by atoms with E-state index in [1.54, 1.807) is 11.3 Å². The Morgan fingerprint density at radius 3 is 2.63 bits per heavy atom.